The number of amides is 1. The monoisotopic (exact) mass is 264 g/mol. The molecule has 1 amide bonds. The molecule has 1 aromatic rings. The lowest BCUT2D eigenvalue weighted by molar-refractivity contribution is -0.122. The summed E-state index contributed by atoms with van der Waals surface area (Å²) < 4.78 is 1.78. The van der Waals surface area contributed by atoms with Gasteiger partial charge in [-0.3, -0.25) is 9.48 Å². The van der Waals surface area contributed by atoms with Gasteiger partial charge in [0.1, 0.15) is 0 Å². The molecular weight excluding hydrogens is 240 g/mol. The summed E-state index contributed by atoms with van der Waals surface area (Å²) in [6.07, 6.45) is 3.71. The summed E-state index contributed by atoms with van der Waals surface area (Å²) in [7, 11) is 1.87. The first-order chi connectivity index (χ1) is 8.83. The second kappa shape index (κ2) is 4.96. The quantitative estimate of drug-likeness (QED) is 0.856. The Bertz CT molecular complexity index is 494. The van der Waals surface area contributed by atoms with E-state index in [-0.39, 0.29) is 5.91 Å². The van der Waals surface area contributed by atoms with E-state index < -0.39 is 5.54 Å². The summed E-state index contributed by atoms with van der Waals surface area (Å²) in [5.74, 6) is 0.443. The Morgan fingerprint density at radius 3 is 2.74 bits per heavy atom. The van der Waals surface area contributed by atoms with Crippen molar-refractivity contribution in [3.63, 3.8) is 0 Å². The maximum atomic E-state index is 12.5. The van der Waals surface area contributed by atoms with Gasteiger partial charge in [-0.2, -0.15) is 5.10 Å². The summed E-state index contributed by atoms with van der Waals surface area (Å²) >= 11 is 0. The van der Waals surface area contributed by atoms with Gasteiger partial charge < -0.3 is 11.1 Å². The predicted octanol–water partition coefficient (Wildman–Crippen LogP) is 1.88. The van der Waals surface area contributed by atoms with E-state index >= 15 is 0 Å². The molecular formula is C14H24N4O. The van der Waals surface area contributed by atoms with Gasteiger partial charge in [0.25, 0.3) is 0 Å². The fraction of sp³-hybridized carbons (Fsp3) is 0.714. The average Bonchev–Trinajstić information content (AvgIpc) is 2.55. The third-order valence-electron chi connectivity index (χ3n) is 4.23. The lowest BCUT2D eigenvalue weighted by Gasteiger charge is -2.35. The molecule has 2 rings (SSSR count). The molecule has 2 atom stereocenters. The van der Waals surface area contributed by atoms with Crippen molar-refractivity contribution in [2.75, 3.05) is 5.32 Å². The Kier molecular flexibility index (Phi) is 3.67. The molecule has 5 nitrogen and oxygen atoms in total. The zero-order valence-electron chi connectivity index (χ0n) is 12.3. The number of hydrogen-bond donors (Lipinski definition) is 2. The van der Waals surface area contributed by atoms with Crippen LogP contribution in [0.1, 0.15) is 44.0 Å². The molecule has 0 radical (unpaired) electrons. The van der Waals surface area contributed by atoms with Gasteiger partial charge >= 0.3 is 0 Å². The van der Waals surface area contributed by atoms with Gasteiger partial charge in [-0.1, -0.05) is 19.8 Å². The summed E-state index contributed by atoms with van der Waals surface area (Å²) in [5, 5.41) is 7.29. The summed E-state index contributed by atoms with van der Waals surface area (Å²) in [6.45, 7) is 6.01. The maximum absolute atomic E-state index is 12.5. The number of anilines is 1. The Labute approximate surface area is 114 Å². The van der Waals surface area contributed by atoms with Crippen molar-refractivity contribution in [3.05, 3.63) is 11.4 Å². The zero-order chi connectivity index (χ0) is 14.2. The highest BCUT2D eigenvalue weighted by Crippen LogP contribution is 2.32. The van der Waals surface area contributed by atoms with Crippen LogP contribution in [-0.2, 0) is 11.8 Å². The van der Waals surface area contributed by atoms with Crippen molar-refractivity contribution >= 4 is 11.6 Å². The smallest absolute Gasteiger partial charge is 0.244 e. The third-order valence-corrected chi connectivity index (χ3v) is 4.23. The van der Waals surface area contributed by atoms with E-state index in [1.807, 2.05) is 20.9 Å². The Morgan fingerprint density at radius 1 is 1.53 bits per heavy atom. The fourth-order valence-corrected chi connectivity index (χ4v) is 2.99. The van der Waals surface area contributed by atoms with E-state index in [0.29, 0.717) is 5.92 Å². The molecule has 1 fully saturated rings. The number of carbonyl (C=O) groups is 1. The fourth-order valence-electron chi connectivity index (χ4n) is 2.99. The largest absolute Gasteiger partial charge is 0.321 e. The van der Waals surface area contributed by atoms with E-state index in [1.54, 1.807) is 4.68 Å². The van der Waals surface area contributed by atoms with Crippen molar-refractivity contribution in [2.24, 2.45) is 18.7 Å². The van der Waals surface area contributed by atoms with Crippen LogP contribution in [0.25, 0.3) is 0 Å². The molecule has 0 bridgehead atoms. The summed E-state index contributed by atoms with van der Waals surface area (Å²) in [4.78, 5) is 12.5. The number of nitrogens with two attached hydrogens (primary N) is 1. The summed E-state index contributed by atoms with van der Waals surface area (Å²) in [6, 6.07) is 0. The molecule has 0 spiro atoms. The molecule has 0 aromatic carbocycles. The second-order valence-electron chi connectivity index (χ2n) is 5.98. The zero-order valence-corrected chi connectivity index (χ0v) is 12.3. The highest BCUT2D eigenvalue weighted by Gasteiger charge is 2.38. The van der Waals surface area contributed by atoms with Crippen LogP contribution in [0.4, 0.5) is 5.69 Å². The lowest BCUT2D eigenvalue weighted by Crippen LogP contribution is -2.53. The van der Waals surface area contributed by atoms with Crippen LogP contribution in [0.2, 0.25) is 0 Å². The van der Waals surface area contributed by atoms with Gasteiger partial charge in [-0.25, -0.2) is 0 Å². The first-order valence-electron chi connectivity index (χ1n) is 6.94. The third kappa shape index (κ3) is 2.66. The first kappa shape index (κ1) is 14.1. The van der Waals surface area contributed by atoms with Crippen LogP contribution in [0, 0.1) is 19.8 Å². The highest BCUT2D eigenvalue weighted by atomic mass is 16.2. The number of rotatable bonds is 2. The van der Waals surface area contributed by atoms with Crippen LogP contribution in [-0.4, -0.2) is 21.2 Å². The first-order valence-corrected chi connectivity index (χ1v) is 6.94. The maximum Gasteiger partial charge on any atom is 0.244 e. The van der Waals surface area contributed by atoms with Gasteiger partial charge in [-0.15, -0.1) is 0 Å². The van der Waals surface area contributed by atoms with Crippen LogP contribution in [0.5, 0.6) is 0 Å². The van der Waals surface area contributed by atoms with Crippen LogP contribution < -0.4 is 11.1 Å². The van der Waals surface area contributed by atoms with Crippen LogP contribution in [0.3, 0.4) is 0 Å². The number of hydrogen-bond acceptors (Lipinski definition) is 3. The van der Waals surface area contributed by atoms with Crippen molar-refractivity contribution in [2.45, 2.75) is 52.0 Å². The van der Waals surface area contributed by atoms with Crippen molar-refractivity contribution in [1.82, 2.24) is 9.78 Å². The van der Waals surface area contributed by atoms with Crippen LogP contribution in [0.15, 0.2) is 0 Å². The van der Waals surface area contributed by atoms with Crippen molar-refractivity contribution in [1.29, 1.82) is 0 Å². The second-order valence-corrected chi connectivity index (χ2v) is 5.98. The minimum absolute atomic E-state index is 0.0711. The van der Waals surface area contributed by atoms with Gasteiger partial charge in [0.2, 0.25) is 5.91 Å². The van der Waals surface area contributed by atoms with Gasteiger partial charge in [-0.05, 0) is 32.6 Å². The Balaban J connectivity index is 2.16. The van der Waals surface area contributed by atoms with Crippen molar-refractivity contribution in [3.8, 4) is 0 Å². The minimum atomic E-state index is -0.730. The van der Waals surface area contributed by atoms with Gasteiger partial charge in [0, 0.05) is 7.05 Å². The Morgan fingerprint density at radius 2 is 2.21 bits per heavy atom. The topological polar surface area (TPSA) is 72.9 Å². The van der Waals surface area contributed by atoms with E-state index in [4.69, 9.17) is 5.73 Å². The van der Waals surface area contributed by atoms with E-state index in [2.05, 4.69) is 17.3 Å². The molecule has 3 N–H and O–H groups in total. The lowest BCUT2D eigenvalue weighted by atomic mass is 9.76. The van der Waals surface area contributed by atoms with Gasteiger partial charge in [0.15, 0.2) is 0 Å². The molecule has 1 aliphatic rings. The van der Waals surface area contributed by atoms with Gasteiger partial charge in [0.05, 0.1) is 22.6 Å². The number of nitrogens with zero attached hydrogens (tertiary/aromatic N) is 2. The number of aryl methyl sites for hydroxylation is 2. The standard InChI is InChI=1S/C14H24N4O/c1-9-6-5-7-14(15,8-9)13(19)16-12-10(2)17-18(4)11(12)3/h9H,5-8,15H2,1-4H3,(H,16,19). The number of nitrogens with one attached hydrogen (secondary N) is 1. The van der Waals surface area contributed by atoms with E-state index in [1.165, 1.54) is 0 Å². The molecule has 106 valence electrons. The molecule has 1 saturated carbocycles. The normalized spacial score (nSPS) is 27.3. The molecule has 1 aromatic heterocycles. The molecule has 19 heavy (non-hydrogen) atoms. The van der Waals surface area contributed by atoms with Crippen LogP contribution >= 0.6 is 0 Å². The Hall–Kier alpha value is -1.36. The number of carbonyl (C=O) groups excluding carboxylic acids is 1. The average molecular weight is 264 g/mol. The highest BCUT2D eigenvalue weighted by molar-refractivity contribution is 5.98. The summed E-state index contributed by atoms with van der Waals surface area (Å²) in [5.41, 5.74) is 8.17. The number of aromatic nitrogens is 2. The molecule has 0 saturated heterocycles. The SMILES string of the molecule is Cc1nn(C)c(C)c1NC(=O)C1(N)CCCC(C)C1. The molecule has 1 heterocycles. The minimum Gasteiger partial charge on any atom is -0.321 e. The molecule has 1 aliphatic carbocycles. The van der Waals surface area contributed by atoms with E-state index in [0.717, 1.165) is 42.8 Å². The van der Waals surface area contributed by atoms with Crippen molar-refractivity contribution < 1.29 is 4.79 Å². The van der Waals surface area contributed by atoms with E-state index in [9.17, 15) is 4.79 Å². The molecule has 5 heteroatoms. The molecule has 0 aliphatic heterocycles. The molecule has 2 unspecified atom stereocenters. The predicted molar refractivity (Wildman–Crippen MR) is 75.9 cm³/mol.